The normalized spacial score (nSPS) is 15.8. The Hall–Kier alpha value is 0.287. The molecule has 0 rings (SSSR count). The van der Waals surface area contributed by atoms with E-state index in [9.17, 15) is 4.21 Å². The highest BCUT2D eigenvalue weighted by Gasteiger charge is 2.34. The summed E-state index contributed by atoms with van der Waals surface area (Å²) < 4.78 is 21.4. The van der Waals surface area contributed by atoms with E-state index >= 15 is 0 Å². The molecule has 0 bridgehead atoms. The monoisotopic (exact) mass is 223 g/mol. The minimum Gasteiger partial charge on any atom is -0.294 e. The van der Waals surface area contributed by atoms with E-state index in [-0.39, 0.29) is 0 Å². The van der Waals surface area contributed by atoms with Gasteiger partial charge in [0, 0.05) is 6.54 Å². The highest BCUT2D eigenvalue weighted by Crippen LogP contribution is 2.38. The molecular weight excluding hydrogens is 202 g/mol. The fourth-order valence-electron chi connectivity index (χ4n) is 0.826. The van der Waals surface area contributed by atoms with E-state index in [0.717, 1.165) is 6.04 Å². The number of nitrogens with one attached hydrogen (secondary N) is 1. The van der Waals surface area contributed by atoms with Crippen LogP contribution in [0.1, 0.15) is 20.8 Å². The lowest BCUT2D eigenvalue weighted by molar-refractivity contribution is 0.550. The maximum atomic E-state index is 10.4. The molecule has 80 valence electrons. The Bertz CT molecular complexity index is 189. The molecular formula is C8H21NO2SSi. The third-order valence-electron chi connectivity index (χ3n) is 3.01. The molecule has 0 saturated carbocycles. The average molecular weight is 223 g/mol. The van der Waals surface area contributed by atoms with Crippen LogP contribution in [0.25, 0.3) is 0 Å². The minimum atomic E-state index is -1.85. The standard InChI is InChI=1S/C8H21NO2SSi/c1-8(2,3)13(4,5)7-6-9-12(10)11/h9H,6-7H2,1-5H3,(H,10,11). The van der Waals surface area contributed by atoms with Gasteiger partial charge in [0.1, 0.15) is 0 Å². The van der Waals surface area contributed by atoms with Crippen molar-refractivity contribution in [3.05, 3.63) is 0 Å². The number of rotatable bonds is 4. The van der Waals surface area contributed by atoms with Gasteiger partial charge in [-0.2, -0.15) is 0 Å². The Morgan fingerprint density at radius 3 is 2.15 bits per heavy atom. The van der Waals surface area contributed by atoms with Gasteiger partial charge in [0.05, 0.1) is 8.07 Å². The minimum absolute atomic E-state index is 0.353. The summed E-state index contributed by atoms with van der Waals surface area (Å²) in [5.41, 5.74) is 0. The van der Waals surface area contributed by atoms with Gasteiger partial charge in [-0.1, -0.05) is 33.9 Å². The Morgan fingerprint density at radius 1 is 1.38 bits per heavy atom. The van der Waals surface area contributed by atoms with Gasteiger partial charge < -0.3 is 0 Å². The van der Waals surface area contributed by atoms with Crippen LogP contribution in [0.3, 0.4) is 0 Å². The zero-order chi connectivity index (χ0) is 10.7. The quantitative estimate of drug-likeness (QED) is 0.567. The molecule has 0 fully saturated rings. The van der Waals surface area contributed by atoms with Crippen molar-refractivity contribution in [1.29, 1.82) is 0 Å². The molecule has 0 heterocycles. The summed E-state index contributed by atoms with van der Waals surface area (Å²) in [5, 5.41) is 0.353. The first-order chi connectivity index (χ1) is 5.67. The molecule has 1 unspecified atom stereocenters. The molecule has 3 nitrogen and oxygen atoms in total. The molecule has 0 amide bonds. The largest absolute Gasteiger partial charge is 0.294 e. The van der Waals surface area contributed by atoms with E-state index < -0.39 is 19.3 Å². The molecule has 5 heteroatoms. The van der Waals surface area contributed by atoms with E-state index in [1.54, 1.807) is 0 Å². The summed E-state index contributed by atoms with van der Waals surface area (Å²) in [4.78, 5) is 0. The molecule has 0 aromatic carbocycles. The first-order valence-corrected chi connectivity index (χ1v) is 8.82. The van der Waals surface area contributed by atoms with Gasteiger partial charge in [0.2, 0.25) is 11.3 Å². The summed E-state index contributed by atoms with van der Waals surface area (Å²) in [5.74, 6) is 0. The first kappa shape index (κ1) is 13.3. The maximum absolute atomic E-state index is 10.4. The molecule has 1 atom stereocenters. The first-order valence-electron chi connectivity index (χ1n) is 4.51. The highest BCUT2D eigenvalue weighted by molar-refractivity contribution is 7.77. The summed E-state index contributed by atoms with van der Waals surface area (Å²) in [7, 11) is -1.28. The van der Waals surface area contributed by atoms with Crippen LogP contribution in [-0.4, -0.2) is 23.4 Å². The van der Waals surface area contributed by atoms with Gasteiger partial charge in [-0.3, -0.25) is 4.55 Å². The second-order valence-electron chi connectivity index (χ2n) is 5.03. The Morgan fingerprint density at radius 2 is 1.85 bits per heavy atom. The van der Waals surface area contributed by atoms with Gasteiger partial charge in [-0.25, -0.2) is 8.93 Å². The highest BCUT2D eigenvalue weighted by atomic mass is 32.2. The smallest absolute Gasteiger partial charge is 0.231 e. The third-order valence-corrected chi connectivity index (χ3v) is 9.02. The zero-order valence-electron chi connectivity index (χ0n) is 9.18. The molecule has 0 saturated heterocycles. The Kier molecular flexibility index (Phi) is 4.78. The van der Waals surface area contributed by atoms with Crippen molar-refractivity contribution in [3.63, 3.8) is 0 Å². The molecule has 0 aromatic rings. The molecule has 0 aromatic heterocycles. The molecule has 0 radical (unpaired) electrons. The van der Waals surface area contributed by atoms with Crippen LogP contribution in [0.4, 0.5) is 0 Å². The van der Waals surface area contributed by atoms with Crippen LogP contribution in [-0.2, 0) is 11.3 Å². The summed E-state index contributed by atoms with van der Waals surface area (Å²) in [6, 6.07) is 1.03. The summed E-state index contributed by atoms with van der Waals surface area (Å²) >= 11 is -1.85. The second-order valence-corrected chi connectivity index (χ2v) is 11.6. The fourth-order valence-corrected chi connectivity index (χ4v) is 2.78. The molecule has 0 aliphatic heterocycles. The number of hydrogen-bond acceptors (Lipinski definition) is 1. The van der Waals surface area contributed by atoms with Crippen molar-refractivity contribution in [1.82, 2.24) is 4.72 Å². The van der Waals surface area contributed by atoms with E-state index in [1.807, 2.05) is 0 Å². The lowest BCUT2D eigenvalue weighted by atomic mass is 10.2. The summed E-state index contributed by atoms with van der Waals surface area (Å²) in [6.45, 7) is 12.0. The fraction of sp³-hybridized carbons (Fsp3) is 1.00. The Balaban J connectivity index is 3.97. The van der Waals surface area contributed by atoms with Gasteiger partial charge in [0.25, 0.3) is 0 Å². The molecule has 0 aliphatic rings. The lowest BCUT2D eigenvalue weighted by Crippen LogP contribution is -2.39. The van der Waals surface area contributed by atoms with Crippen molar-refractivity contribution >= 4 is 19.3 Å². The van der Waals surface area contributed by atoms with Crippen LogP contribution < -0.4 is 4.72 Å². The van der Waals surface area contributed by atoms with E-state index in [4.69, 9.17) is 4.55 Å². The second kappa shape index (κ2) is 4.68. The SMILES string of the molecule is CC(C)(C)[Si](C)(C)CCNS(=O)O. The predicted octanol–water partition coefficient (Wildman–Crippen LogP) is 2.22. The molecule has 0 spiro atoms. The topological polar surface area (TPSA) is 49.3 Å². The van der Waals surface area contributed by atoms with E-state index in [1.165, 1.54) is 0 Å². The van der Waals surface area contributed by atoms with Crippen LogP contribution >= 0.6 is 0 Å². The average Bonchev–Trinajstić information content (AvgIpc) is 1.82. The van der Waals surface area contributed by atoms with Crippen molar-refractivity contribution in [2.45, 2.75) is 44.9 Å². The van der Waals surface area contributed by atoms with Crippen LogP contribution in [0.5, 0.6) is 0 Å². The predicted molar refractivity (Wildman–Crippen MR) is 60.8 cm³/mol. The van der Waals surface area contributed by atoms with Gasteiger partial charge in [0.15, 0.2) is 0 Å². The lowest BCUT2D eigenvalue weighted by Gasteiger charge is -2.36. The van der Waals surface area contributed by atoms with E-state index in [0.29, 0.717) is 11.6 Å². The van der Waals surface area contributed by atoms with Crippen molar-refractivity contribution in [2.24, 2.45) is 0 Å². The molecule has 2 N–H and O–H groups in total. The zero-order valence-corrected chi connectivity index (χ0v) is 11.0. The summed E-state index contributed by atoms with van der Waals surface area (Å²) in [6.07, 6.45) is 0. The molecule has 0 aliphatic carbocycles. The van der Waals surface area contributed by atoms with Gasteiger partial charge in [-0.15, -0.1) is 0 Å². The van der Waals surface area contributed by atoms with Crippen LogP contribution in [0, 0.1) is 0 Å². The maximum Gasteiger partial charge on any atom is 0.231 e. The van der Waals surface area contributed by atoms with Crippen LogP contribution in [0.2, 0.25) is 24.2 Å². The van der Waals surface area contributed by atoms with E-state index in [2.05, 4.69) is 38.6 Å². The molecule has 13 heavy (non-hydrogen) atoms. The van der Waals surface area contributed by atoms with Crippen molar-refractivity contribution in [3.8, 4) is 0 Å². The number of hydrogen-bond donors (Lipinski definition) is 2. The van der Waals surface area contributed by atoms with Gasteiger partial charge in [-0.05, 0) is 11.1 Å². The van der Waals surface area contributed by atoms with Gasteiger partial charge >= 0.3 is 0 Å². The van der Waals surface area contributed by atoms with Crippen LogP contribution in [0.15, 0.2) is 0 Å². The van der Waals surface area contributed by atoms with Crippen molar-refractivity contribution in [2.75, 3.05) is 6.54 Å². The Labute approximate surface area is 84.7 Å². The third kappa shape index (κ3) is 4.90. The van der Waals surface area contributed by atoms with Crippen molar-refractivity contribution < 1.29 is 8.76 Å².